The molecule has 1 aliphatic rings. The second-order valence-electron chi connectivity index (χ2n) is 2.62. The molecule has 0 fully saturated rings. The van der Waals surface area contributed by atoms with Gasteiger partial charge in [-0.05, 0) is 6.42 Å². The minimum Gasteiger partial charge on any atom is -0.297 e. The lowest BCUT2D eigenvalue weighted by molar-refractivity contribution is 0.304. The molecule has 0 saturated carbocycles. The quantitative estimate of drug-likeness (QED) is 0.703. The summed E-state index contributed by atoms with van der Waals surface area (Å²) in [5.41, 5.74) is 0. The molecule has 0 unspecified atom stereocenters. The summed E-state index contributed by atoms with van der Waals surface area (Å²) in [5.74, 6) is 0. The van der Waals surface area contributed by atoms with Crippen LogP contribution in [0.25, 0.3) is 0 Å². The average molecular weight is 215 g/mol. The fraction of sp³-hybridized carbons (Fsp3) is 0.625. The van der Waals surface area contributed by atoms with Crippen LogP contribution in [-0.2, 0) is 0 Å². The molecule has 1 heterocycles. The lowest BCUT2D eigenvalue weighted by atomic mass is 10.2. The summed E-state index contributed by atoms with van der Waals surface area (Å²) in [4.78, 5) is 2.29. The highest BCUT2D eigenvalue weighted by Gasteiger charge is 2.09. The van der Waals surface area contributed by atoms with Gasteiger partial charge in [0, 0.05) is 30.5 Å². The van der Waals surface area contributed by atoms with Crippen molar-refractivity contribution in [3.05, 3.63) is 10.6 Å². The molecule has 0 atom stereocenters. The van der Waals surface area contributed by atoms with Crippen LogP contribution in [0.5, 0.6) is 0 Å². The van der Waals surface area contributed by atoms with E-state index in [2.05, 4.69) is 33.0 Å². The molecule has 3 heteroatoms. The third-order valence-corrected chi connectivity index (χ3v) is 2.30. The molecule has 0 aromatic carbocycles. The summed E-state index contributed by atoms with van der Waals surface area (Å²) in [6.45, 7) is 2.97. The molecule has 0 N–H and O–H groups in total. The average Bonchev–Trinajstić information content (AvgIpc) is 2.01. The molecule has 2 nitrogen and oxygen atoms in total. The first kappa shape index (κ1) is 8.76. The third kappa shape index (κ3) is 3.04. The zero-order valence-corrected chi connectivity index (χ0v) is 7.97. The molecule has 11 heavy (non-hydrogen) atoms. The minimum absolute atomic E-state index is 0.639. The molecule has 0 saturated heterocycles. The van der Waals surface area contributed by atoms with Gasteiger partial charge in [-0.25, -0.2) is 0 Å². The maximum Gasteiger partial charge on any atom is 0.0635 e. The van der Waals surface area contributed by atoms with Gasteiger partial charge in [0.15, 0.2) is 0 Å². The van der Waals surface area contributed by atoms with E-state index in [1.807, 2.05) is 0 Å². The maximum absolute atomic E-state index is 8.36. The Hall–Kier alpha value is -0.330. The van der Waals surface area contributed by atoms with Gasteiger partial charge in [-0.3, -0.25) is 4.90 Å². The Bertz CT molecular complexity index is 193. The Labute approximate surface area is 75.6 Å². The molecule has 0 amide bonds. The normalized spacial score (nSPS) is 19.1. The van der Waals surface area contributed by atoms with Crippen molar-refractivity contribution in [2.24, 2.45) is 0 Å². The number of nitriles is 1. The molecule has 0 bridgehead atoms. The van der Waals surface area contributed by atoms with Crippen LogP contribution in [0.15, 0.2) is 10.6 Å². The fourth-order valence-corrected chi connectivity index (χ4v) is 1.74. The van der Waals surface area contributed by atoms with Crippen molar-refractivity contribution >= 4 is 15.9 Å². The zero-order chi connectivity index (χ0) is 8.10. The summed E-state index contributed by atoms with van der Waals surface area (Å²) in [6.07, 6.45) is 3.94. The van der Waals surface area contributed by atoms with Crippen molar-refractivity contribution in [2.45, 2.75) is 12.8 Å². The first-order chi connectivity index (χ1) is 5.33. The second kappa shape index (κ2) is 4.53. The lowest BCUT2D eigenvalue weighted by Crippen LogP contribution is -2.29. The Kier molecular flexibility index (Phi) is 3.61. The van der Waals surface area contributed by atoms with E-state index in [-0.39, 0.29) is 0 Å². The smallest absolute Gasteiger partial charge is 0.0635 e. The van der Waals surface area contributed by atoms with Crippen LogP contribution in [0.2, 0.25) is 0 Å². The summed E-state index contributed by atoms with van der Waals surface area (Å²) in [7, 11) is 0. The van der Waals surface area contributed by atoms with Crippen LogP contribution < -0.4 is 0 Å². The van der Waals surface area contributed by atoms with E-state index in [1.54, 1.807) is 0 Å². The Morgan fingerprint density at radius 1 is 1.73 bits per heavy atom. The van der Waals surface area contributed by atoms with Gasteiger partial charge in [-0.1, -0.05) is 22.0 Å². The molecule has 1 aliphatic heterocycles. The van der Waals surface area contributed by atoms with Crippen LogP contribution in [0.4, 0.5) is 0 Å². The SMILES string of the molecule is N#CCCN1CCC=C(Br)C1. The van der Waals surface area contributed by atoms with Crippen LogP contribution in [0.1, 0.15) is 12.8 Å². The summed E-state index contributed by atoms with van der Waals surface area (Å²) in [6, 6.07) is 2.15. The zero-order valence-electron chi connectivity index (χ0n) is 6.39. The monoisotopic (exact) mass is 214 g/mol. The van der Waals surface area contributed by atoms with Gasteiger partial charge in [0.1, 0.15) is 0 Å². The second-order valence-corrected chi connectivity index (χ2v) is 3.64. The molecule has 1 rings (SSSR count). The first-order valence-electron chi connectivity index (χ1n) is 3.77. The largest absolute Gasteiger partial charge is 0.297 e. The van der Waals surface area contributed by atoms with E-state index in [4.69, 9.17) is 5.26 Å². The molecule has 0 aliphatic carbocycles. The fourth-order valence-electron chi connectivity index (χ4n) is 1.16. The summed E-state index contributed by atoms with van der Waals surface area (Å²) < 4.78 is 1.25. The van der Waals surface area contributed by atoms with E-state index in [9.17, 15) is 0 Å². The first-order valence-corrected chi connectivity index (χ1v) is 4.56. The standard InChI is InChI=1S/C8H11BrN2/c9-8-3-1-5-11(7-8)6-2-4-10/h3H,1-2,5-7H2. The predicted octanol–water partition coefficient (Wildman–Crippen LogP) is 1.88. The predicted molar refractivity (Wildman–Crippen MR) is 48.3 cm³/mol. The van der Waals surface area contributed by atoms with E-state index < -0.39 is 0 Å². The molecular formula is C8H11BrN2. The molecule has 0 aromatic rings. The number of halogens is 1. The van der Waals surface area contributed by atoms with Crippen LogP contribution in [0, 0.1) is 11.3 Å². The van der Waals surface area contributed by atoms with E-state index >= 15 is 0 Å². The number of hydrogen-bond donors (Lipinski definition) is 0. The van der Waals surface area contributed by atoms with Crippen molar-refractivity contribution in [1.29, 1.82) is 5.26 Å². The molecule has 0 radical (unpaired) electrons. The number of rotatable bonds is 2. The Morgan fingerprint density at radius 2 is 2.55 bits per heavy atom. The Morgan fingerprint density at radius 3 is 3.18 bits per heavy atom. The number of nitrogens with zero attached hydrogens (tertiary/aromatic N) is 2. The van der Waals surface area contributed by atoms with Crippen molar-refractivity contribution < 1.29 is 0 Å². The highest BCUT2D eigenvalue weighted by Crippen LogP contribution is 2.14. The van der Waals surface area contributed by atoms with Gasteiger partial charge < -0.3 is 0 Å². The van der Waals surface area contributed by atoms with Gasteiger partial charge in [-0.15, -0.1) is 0 Å². The van der Waals surface area contributed by atoms with Gasteiger partial charge in [0.05, 0.1) is 6.07 Å². The molecule has 0 spiro atoms. The van der Waals surface area contributed by atoms with Gasteiger partial charge in [0.2, 0.25) is 0 Å². The van der Waals surface area contributed by atoms with Gasteiger partial charge >= 0.3 is 0 Å². The van der Waals surface area contributed by atoms with Crippen molar-refractivity contribution in [3.63, 3.8) is 0 Å². The summed E-state index contributed by atoms with van der Waals surface area (Å²) >= 11 is 3.46. The summed E-state index contributed by atoms with van der Waals surface area (Å²) in [5, 5.41) is 8.36. The maximum atomic E-state index is 8.36. The lowest BCUT2D eigenvalue weighted by Gasteiger charge is -2.23. The highest BCUT2D eigenvalue weighted by atomic mass is 79.9. The van der Waals surface area contributed by atoms with E-state index in [0.717, 1.165) is 26.1 Å². The minimum atomic E-state index is 0.639. The molecular weight excluding hydrogens is 204 g/mol. The van der Waals surface area contributed by atoms with Crippen LogP contribution in [0.3, 0.4) is 0 Å². The van der Waals surface area contributed by atoms with Crippen LogP contribution >= 0.6 is 15.9 Å². The molecule has 0 aromatic heterocycles. The van der Waals surface area contributed by atoms with Crippen molar-refractivity contribution in [2.75, 3.05) is 19.6 Å². The third-order valence-electron chi connectivity index (χ3n) is 1.73. The van der Waals surface area contributed by atoms with E-state index in [0.29, 0.717) is 6.42 Å². The number of hydrogen-bond acceptors (Lipinski definition) is 2. The van der Waals surface area contributed by atoms with Gasteiger partial charge in [0.25, 0.3) is 0 Å². The highest BCUT2D eigenvalue weighted by molar-refractivity contribution is 9.11. The van der Waals surface area contributed by atoms with Crippen molar-refractivity contribution in [1.82, 2.24) is 4.90 Å². The van der Waals surface area contributed by atoms with Crippen molar-refractivity contribution in [3.8, 4) is 6.07 Å². The van der Waals surface area contributed by atoms with Gasteiger partial charge in [-0.2, -0.15) is 5.26 Å². The van der Waals surface area contributed by atoms with Crippen LogP contribution in [-0.4, -0.2) is 24.5 Å². The molecule has 60 valence electrons. The Balaban J connectivity index is 2.28. The topological polar surface area (TPSA) is 27.0 Å². The van der Waals surface area contributed by atoms with E-state index in [1.165, 1.54) is 4.48 Å².